The average Bonchev–Trinajstić information content (AvgIpc) is 2.52. The van der Waals surface area contributed by atoms with Gasteiger partial charge in [-0.25, -0.2) is 4.79 Å². The topological polar surface area (TPSA) is 52.7 Å². The van der Waals surface area contributed by atoms with Gasteiger partial charge in [-0.15, -0.1) is 0 Å². The molecule has 0 saturated carbocycles. The summed E-state index contributed by atoms with van der Waals surface area (Å²) in [4.78, 5) is 27.8. The minimum absolute atomic E-state index is 0.0207. The highest BCUT2D eigenvalue weighted by Gasteiger charge is 2.23. The minimum atomic E-state index is -0.0207. The Balaban J connectivity index is 1.81. The smallest absolute Gasteiger partial charge is 0.317 e. The van der Waals surface area contributed by atoms with E-state index in [0.29, 0.717) is 39.1 Å². The van der Waals surface area contributed by atoms with E-state index >= 15 is 0 Å². The summed E-state index contributed by atoms with van der Waals surface area (Å²) in [5, 5.41) is 2.88. The lowest BCUT2D eigenvalue weighted by Crippen LogP contribution is -2.53. The van der Waals surface area contributed by atoms with Gasteiger partial charge in [0.05, 0.1) is 6.42 Å². The highest BCUT2D eigenvalue weighted by molar-refractivity contribution is 5.79. The first-order chi connectivity index (χ1) is 10.6. The zero-order valence-electron chi connectivity index (χ0n) is 13.5. The maximum Gasteiger partial charge on any atom is 0.317 e. The van der Waals surface area contributed by atoms with Gasteiger partial charge in [-0.05, 0) is 18.9 Å². The molecule has 1 N–H and O–H groups in total. The molecule has 1 aliphatic heterocycles. The van der Waals surface area contributed by atoms with Gasteiger partial charge in [0.2, 0.25) is 5.91 Å². The van der Waals surface area contributed by atoms with Crippen LogP contribution < -0.4 is 5.32 Å². The SMILES string of the molecule is CCCNC(=O)N1CCN(C(=O)Cc2cccc(C)c2)CC1. The van der Waals surface area contributed by atoms with E-state index in [1.54, 1.807) is 4.90 Å². The van der Waals surface area contributed by atoms with Crippen molar-refractivity contribution >= 4 is 11.9 Å². The van der Waals surface area contributed by atoms with Gasteiger partial charge in [0.25, 0.3) is 0 Å². The molecule has 1 saturated heterocycles. The van der Waals surface area contributed by atoms with Crippen molar-refractivity contribution in [1.82, 2.24) is 15.1 Å². The van der Waals surface area contributed by atoms with E-state index in [1.807, 2.05) is 43.0 Å². The molecule has 1 heterocycles. The monoisotopic (exact) mass is 303 g/mol. The minimum Gasteiger partial charge on any atom is -0.339 e. The molecular formula is C17H25N3O2. The lowest BCUT2D eigenvalue weighted by molar-refractivity contribution is -0.131. The quantitative estimate of drug-likeness (QED) is 0.922. The average molecular weight is 303 g/mol. The highest BCUT2D eigenvalue weighted by Crippen LogP contribution is 2.09. The van der Waals surface area contributed by atoms with E-state index in [2.05, 4.69) is 5.32 Å². The van der Waals surface area contributed by atoms with E-state index in [-0.39, 0.29) is 11.9 Å². The number of nitrogens with zero attached hydrogens (tertiary/aromatic N) is 2. The van der Waals surface area contributed by atoms with E-state index < -0.39 is 0 Å². The number of aryl methyl sites for hydroxylation is 1. The Hall–Kier alpha value is -2.04. The molecule has 3 amide bonds. The Morgan fingerprint density at radius 1 is 1.14 bits per heavy atom. The van der Waals surface area contributed by atoms with Crippen molar-refractivity contribution in [2.45, 2.75) is 26.7 Å². The molecule has 0 bridgehead atoms. The van der Waals surface area contributed by atoms with Crippen LogP contribution in [-0.2, 0) is 11.2 Å². The molecule has 0 atom stereocenters. The standard InChI is InChI=1S/C17H25N3O2/c1-3-7-18-17(22)20-10-8-19(9-11-20)16(21)13-15-6-4-5-14(2)12-15/h4-6,12H,3,7-11,13H2,1-2H3,(H,18,22). The first-order valence-corrected chi connectivity index (χ1v) is 7.96. The molecule has 1 aromatic rings. The van der Waals surface area contributed by atoms with Crippen molar-refractivity contribution in [3.63, 3.8) is 0 Å². The lowest BCUT2D eigenvalue weighted by atomic mass is 10.1. The van der Waals surface area contributed by atoms with Gasteiger partial charge in [0.1, 0.15) is 0 Å². The normalized spacial score (nSPS) is 14.8. The number of hydrogen-bond donors (Lipinski definition) is 1. The molecule has 22 heavy (non-hydrogen) atoms. The summed E-state index contributed by atoms with van der Waals surface area (Å²) in [6.45, 7) is 7.20. The predicted molar refractivity (Wildman–Crippen MR) is 86.7 cm³/mol. The van der Waals surface area contributed by atoms with Crippen LogP contribution in [-0.4, -0.2) is 54.5 Å². The third-order valence-corrected chi connectivity index (χ3v) is 3.88. The third kappa shape index (κ3) is 4.48. The summed E-state index contributed by atoms with van der Waals surface area (Å²) < 4.78 is 0. The Labute approximate surface area is 132 Å². The zero-order chi connectivity index (χ0) is 15.9. The molecular weight excluding hydrogens is 278 g/mol. The van der Waals surface area contributed by atoms with Gasteiger partial charge in [0.15, 0.2) is 0 Å². The summed E-state index contributed by atoms with van der Waals surface area (Å²) >= 11 is 0. The van der Waals surface area contributed by atoms with Crippen LogP contribution in [0.3, 0.4) is 0 Å². The zero-order valence-corrected chi connectivity index (χ0v) is 13.5. The first kappa shape index (κ1) is 16.3. The number of amides is 3. The van der Waals surface area contributed by atoms with E-state index in [1.165, 1.54) is 5.56 Å². The van der Waals surface area contributed by atoms with Gasteiger partial charge < -0.3 is 15.1 Å². The second-order valence-electron chi connectivity index (χ2n) is 5.77. The number of hydrogen-bond acceptors (Lipinski definition) is 2. The van der Waals surface area contributed by atoms with Crippen LogP contribution in [0.25, 0.3) is 0 Å². The van der Waals surface area contributed by atoms with Crippen LogP contribution in [0.1, 0.15) is 24.5 Å². The van der Waals surface area contributed by atoms with Gasteiger partial charge >= 0.3 is 6.03 Å². The molecule has 0 spiro atoms. The van der Waals surface area contributed by atoms with Crippen LogP contribution in [0.15, 0.2) is 24.3 Å². The number of carbonyl (C=O) groups excluding carboxylic acids is 2. The summed E-state index contributed by atoms with van der Waals surface area (Å²) in [5.41, 5.74) is 2.22. The second kappa shape index (κ2) is 7.82. The van der Waals surface area contributed by atoms with Crippen LogP contribution >= 0.6 is 0 Å². The highest BCUT2D eigenvalue weighted by atomic mass is 16.2. The lowest BCUT2D eigenvalue weighted by Gasteiger charge is -2.34. The van der Waals surface area contributed by atoms with Gasteiger partial charge in [0, 0.05) is 32.7 Å². The van der Waals surface area contributed by atoms with Crippen LogP contribution in [0.2, 0.25) is 0 Å². The molecule has 5 nitrogen and oxygen atoms in total. The molecule has 1 aromatic carbocycles. The van der Waals surface area contributed by atoms with Crippen LogP contribution in [0.5, 0.6) is 0 Å². The van der Waals surface area contributed by atoms with Crippen molar-refractivity contribution in [1.29, 1.82) is 0 Å². The summed E-state index contributed by atoms with van der Waals surface area (Å²) in [6.07, 6.45) is 1.37. The summed E-state index contributed by atoms with van der Waals surface area (Å²) in [6, 6.07) is 8.02. The number of urea groups is 1. The van der Waals surface area contributed by atoms with Crippen molar-refractivity contribution in [2.75, 3.05) is 32.7 Å². The fraction of sp³-hybridized carbons (Fsp3) is 0.529. The molecule has 0 aliphatic carbocycles. The molecule has 1 aliphatic rings. The Morgan fingerprint density at radius 3 is 2.45 bits per heavy atom. The fourth-order valence-electron chi connectivity index (χ4n) is 2.61. The molecule has 2 rings (SSSR count). The summed E-state index contributed by atoms with van der Waals surface area (Å²) in [5.74, 6) is 0.138. The maximum absolute atomic E-state index is 12.3. The molecule has 0 unspecified atom stereocenters. The predicted octanol–water partition coefficient (Wildman–Crippen LogP) is 1.80. The molecule has 0 radical (unpaired) electrons. The molecule has 5 heteroatoms. The number of rotatable bonds is 4. The number of carbonyl (C=O) groups is 2. The summed E-state index contributed by atoms with van der Waals surface area (Å²) in [7, 11) is 0. The van der Waals surface area contributed by atoms with E-state index in [9.17, 15) is 9.59 Å². The maximum atomic E-state index is 12.3. The van der Waals surface area contributed by atoms with E-state index in [4.69, 9.17) is 0 Å². The molecule has 0 aromatic heterocycles. The third-order valence-electron chi connectivity index (χ3n) is 3.88. The van der Waals surface area contributed by atoms with Gasteiger partial charge in [-0.3, -0.25) is 4.79 Å². The van der Waals surface area contributed by atoms with Crippen LogP contribution in [0.4, 0.5) is 4.79 Å². The van der Waals surface area contributed by atoms with Crippen molar-refractivity contribution in [2.24, 2.45) is 0 Å². The second-order valence-corrected chi connectivity index (χ2v) is 5.77. The Kier molecular flexibility index (Phi) is 5.81. The van der Waals surface area contributed by atoms with Crippen molar-refractivity contribution in [3.8, 4) is 0 Å². The van der Waals surface area contributed by atoms with E-state index in [0.717, 1.165) is 12.0 Å². The van der Waals surface area contributed by atoms with Crippen molar-refractivity contribution < 1.29 is 9.59 Å². The molecule has 120 valence electrons. The fourth-order valence-corrected chi connectivity index (χ4v) is 2.61. The number of piperazine rings is 1. The Bertz CT molecular complexity index is 522. The number of nitrogens with one attached hydrogen (secondary N) is 1. The van der Waals surface area contributed by atoms with Gasteiger partial charge in [-0.2, -0.15) is 0 Å². The first-order valence-electron chi connectivity index (χ1n) is 7.96. The van der Waals surface area contributed by atoms with Gasteiger partial charge in [-0.1, -0.05) is 36.8 Å². The Morgan fingerprint density at radius 2 is 1.82 bits per heavy atom. The van der Waals surface area contributed by atoms with Crippen molar-refractivity contribution in [3.05, 3.63) is 35.4 Å². The largest absolute Gasteiger partial charge is 0.339 e. The number of benzene rings is 1. The molecule has 1 fully saturated rings. The van der Waals surface area contributed by atoms with Crippen LogP contribution in [0, 0.1) is 6.92 Å².